The van der Waals surface area contributed by atoms with Crippen molar-refractivity contribution in [2.24, 2.45) is 0 Å². The van der Waals surface area contributed by atoms with Crippen molar-refractivity contribution in [3.8, 4) is 0 Å². The third-order valence-corrected chi connectivity index (χ3v) is 1.67. The van der Waals surface area contributed by atoms with Crippen LogP contribution < -0.4 is 0 Å². The number of halogens is 2. The lowest BCUT2D eigenvalue weighted by atomic mass is 10.2. The molecule has 0 atom stereocenters. The molecule has 0 N–H and O–H groups in total. The summed E-state index contributed by atoms with van der Waals surface area (Å²) in [4.78, 5) is 4.05. The highest BCUT2D eigenvalue weighted by atomic mass is 35.5. The van der Waals surface area contributed by atoms with Gasteiger partial charge in [-0.05, 0) is 24.6 Å². The van der Waals surface area contributed by atoms with Crippen LogP contribution in [0.3, 0.4) is 0 Å². The summed E-state index contributed by atoms with van der Waals surface area (Å²) in [5.41, 5.74) is 3.33. The summed E-state index contributed by atoms with van der Waals surface area (Å²) in [6.07, 6.45) is 1.78. The van der Waals surface area contributed by atoms with Gasteiger partial charge in [0, 0.05) is 11.2 Å². The minimum atomic E-state index is 0.509. The van der Waals surface area contributed by atoms with Gasteiger partial charge in [0.05, 0.1) is 0 Å². The predicted octanol–water partition coefficient (Wildman–Crippen LogP) is 3.25. The van der Waals surface area contributed by atoms with Crippen molar-refractivity contribution in [3.05, 3.63) is 34.1 Å². The van der Waals surface area contributed by atoms with Crippen LogP contribution in [-0.4, -0.2) is 4.98 Å². The summed E-state index contributed by atoms with van der Waals surface area (Å²) in [7, 11) is 0. The monoisotopic (exact) mass is 187 g/mol. The number of rotatable bonds is 1. The van der Waals surface area contributed by atoms with Crippen LogP contribution >= 0.6 is 23.2 Å². The van der Waals surface area contributed by atoms with E-state index in [0.29, 0.717) is 5.15 Å². The number of hydrogen-bond acceptors (Lipinski definition) is 1. The fourth-order valence-corrected chi connectivity index (χ4v) is 1.11. The highest BCUT2D eigenvalue weighted by molar-refractivity contribution is 6.29. The molecular formula is C8H7Cl2N. The lowest BCUT2D eigenvalue weighted by molar-refractivity contribution is 1.19. The number of hydrogen-bond donors (Lipinski definition) is 0. The molecule has 1 heterocycles. The highest BCUT2D eigenvalue weighted by Gasteiger charge is 1.95. The molecule has 0 aliphatic heterocycles. The quantitative estimate of drug-likeness (QED) is 0.616. The second kappa shape index (κ2) is 3.74. The lowest BCUT2D eigenvalue weighted by Gasteiger charge is -1.97. The van der Waals surface area contributed by atoms with Gasteiger partial charge < -0.3 is 0 Å². The number of pyridine rings is 1. The van der Waals surface area contributed by atoms with Crippen molar-refractivity contribution in [2.75, 3.05) is 0 Å². The molecule has 1 rings (SSSR count). The van der Waals surface area contributed by atoms with Crippen LogP contribution in [-0.2, 0) is 0 Å². The van der Waals surface area contributed by atoms with Crippen LogP contribution in [0.5, 0.6) is 0 Å². The Morgan fingerprint density at radius 2 is 2.18 bits per heavy atom. The average molecular weight is 188 g/mol. The molecule has 1 nitrogen and oxygen atoms in total. The molecule has 0 aliphatic carbocycles. The Morgan fingerprint density at radius 1 is 1.45 bits per heavy atom. The Bertz CT molecular complexity index is 281. The summed E-state index contributed by atoms with van der Waals surface area (Å²) in [5.74, 6) is 0. The molecule has 11 heavy (non-hydrogen) atoms. The molecule has 1 aromatic rings. The number of aryl methyl sites for hydroxylation is 1. The Hall–Kier alpha value is -0.530. The number of nitrogens with zero attached hydrogens (tertiary/aromatic N) is 1. The molecule has 0 amide bonds. The smallest absolute Gasteiger partial charge is 0.129 e. The normalized spacial score (nSPS) is 10.8. The molecule has 3 heteroatoms. The van der Waals surface area contributed by atoms with Crippen LogP contribution in [0.15, 0.2) is 17.7 Å². The molecule has 0 bridgehead atoms. The van der Waals surface area contributed by atoms with E-state index in [1.807, 2.05) is 13.0 Å². The van der Waals surface area contributed by atoms with Gasteiger partial charge >= 0.3 is 0 Å². The zero-order valence-corrected chi connectivity index (χ0v) is 7.52. The maximum absolute atomic E-state index is 5.65. The van der Waals surface area contributed by atoms with E-state index < -0.39 is 0 Å². The van der Waals surface area contributed by atoms with E-state index in [9.17, 15) is 0 Å². The van der Waals surface area contributed by atoms with E-state index >= 15 is 0 Å². The largest absolute Gasteiger partial charge is 0.241 e. The fourth-order valence-electron chi connectivity index (χ4n) is 0.785. The molecule has 1 aromatic heterocycles. The van der Waals surface area contributed by atoms with Gasteiger partial charge in [0.25, 0.3) is 0 Å². The van der Waals surface area contributed by atoms with Gasteiger partial charge in [-0.25, -0.2) is 4.98 Å². The standard InChI is InChI=1S/C8H7Cl2N/c1-6-7(4-5-9)2-3-8(10)11-6/h2-5H,1H3. The van der Waals surface area contributed by atoms with Gasteiger partial charge in [0.15, 0.2) is 0 Å². The second-order valence-electron chi connectivity index (χ2n) is 2.10. The lowest BCUT2D eigenvalue weighted by Crippen LogP contribution is -1.85. The number of aromatic nitrogens is 1. The van der Waals surface area contributed by atoms with Gasteiger partial charge in [0.2, 0.25) is 0 Å². The minimum absolute atomic E-state index is 0.509. The maximum atomic E-state index is 5.65. The summed E-state index contributed by atoms with van der Waals surface area (Å²) in [5, 5.41) is 0.509. The Morgan fingerprint density at radius 3 is 2.73 bits per heavy atom. The molecule has 0 saturated carbocycles. The molecule has 0 fully saturated rings. The van der Waals surface area contributed by atoms with Crippen molar-refractivity contribution in [2.45, 2.75) is 6.92 Å². The first-order valence-corrected chi connectivity index (χ1v) is 3.95. The second-order valence-corrected chi connectivity index (χ2v) is 2.74. The average Bonchev–Trinajstić information content (AvgIpc) is 1.95. The first-order chi connectivity index (χ1) is 5.24. The summed E-state index contributed by atoms with van der Waals surface area (Å²) in [6, 6.07) is 3.62. The third kappa shape index (κ3) is 2.21. The summed E-state index contributed by atoms with van der Waals surface area (Å²) >= 11 is 11.1. The molecule has 0 spiro atoms. The van der Waals surface area contributed by atoms with E-state index in [-0.39, 0.29) is 0 Å². The van der Waals surface area contributed by atoms with Crippen LogP contribution in [0.4, 0.5) is 0 Å². The van der Waals surface area contributed by atoms with E-state index in [2.05, 4.69) is 4.98 Å². The molecule has 0 saturated heterocycles. The topological polar surface area (TPSA) is 12.9 Å². The van der Waals surface area contributed by atoms with Gasteiger partial charge in [-0.1, -0.05) is 29.3 Å². The van der Waals surface area contributed by atoms with Crippen molar-refractivity contribution in [1.29, 1.82) is 0 Å². The summed E-state index contributed by atoms with van der Waals surface area (Å²) < 4.78 is 0. The molecule has 0 unspecified atom stereocenters. The Kier molecular flexibility index (Phi) is 2.92. The van der Waals surface area contributed by atoms with E-state index in [0.717, 1.165) is 11.3 Å². The summed E-state index contributed by atoms with van der Waals surface area (Å²) in [6.45, 7) is 1.89. The molecule has 0 radical (unpaired) electrons. The molecule has 58 valence electrons. The fraction of sp³-hybridized carbons (Fsp3) is 0.125. The van der Waals surface area contributed by atoms with Gasteiger partial charge in [-0.15, -0.1) is 0 Å². The third-order valence-electron chi connectivity index (χ3n) is 1.34. The maximum Gasteiger partial charge on any atom is 0.129 e. The first-order valence-electron chi connectivity index (χ1n) is 3.14. The predicted molar refractivity (Wildman–Crippen MR) is 48.9 cm³/mol. The van der Waals surface area contributed by atoms with Gasteiger partial charge in [0.1, 0.15) is 5.15 Å². The first kappa shape index (κ1) is 8.57. The Labute approximate surface area is 75.7 Å². The Balaban J connectivity index is 3.09. The SMILES string of the molecule is Cc1nc(Cl)ccc1C=CCl. The van der Waals surface area contributed by atoms with E-state index in [4.69, 9.17) is 23.2 Å². The van der Waals surface area contributed by atoms with Crippen molar-refractivity contribution in [1.82, 2.24) is 4.98 Å². The molecule has 0 aliphatic rings. The van der Waals surface area contributed by atoms with Crippen LogP contribution in [0, 0.1) is 6.92 Å². The van der Waals surface area contributed by atoms with Gasteiger partial charge in [-0.2, -0.15) is 0 Å². The van der Waals surface area contributed by atoms with Crippen LogP contribution in [0.1, 0.15) is 11.3 Å². The van der Waals surface area contributed by atoms with Crippen molar-refractivity contribution < 1.29 is 0 Å². The zero-order chi connectivity index (χ0) is 8.27. The van der Waals surface area contributed by atoms with Crippen molar-refractivity contribution in [3.63, 3.8) is 0 Å². The van der Waals surface area contributed by atoms with Crippen LogP contribution in [0.25, 0.3) is 6.08 Å². The molecular weight excluding hydrogens is 181 g/mol. The van der Waals surface area contributed by atoms with E-state index in [1.165, 1.54) is 5.54 Å². The zero-order valence-electron chi connectivity index (χ0n) is 6.01. The van der Waals surface area contributed by atoms with Crippen LogP contribution in [0.2, 0.25) is 5.15 Å². The van der Waals surface area contributed by atoms with E-state index in [1.54, 1.807) is 12.1 Å². The minimum Gasteiger partial charge on any atom is -0.241 e. The molecule has 0 aromatic carbocycles. The highest BCUT2D eigenvalue weighted by Crippen LogP contribution is 2.12. The van der Waals surface area contributed by atoms with Gasteiger partial charge in [-0.3, -0.25) is 0 Å². The van der Waals surface area contributed by atoms with Crippen molar-refractivity contribution >= 4 is 29.3 Å².